The quantitative estimate of drug-likeness (QED) is 0.557. The van der Waals surface area contributed by atoms with Crippen LogP contribution in [0.5, 0.6) is 0 Å². The summed E-state index contributed by atoms with van der Waals surface area (Å²) in [5.41, 5.74) is 0.714. The number of nitrogens with zero attached hydrogens (tertiary/aromatic N) is 2. The minimum atomic E-state index is -0.481. The second-order valence-corrected chi connectivity index (χ2v) is 11.4. The fourth-order valence-electron chi connectivity index (χ4n) is 4.81. The van der Waals surface area contributed by atoms with E-state index in [4.69, 9.17) is 9.31 Å². The normalized spacial score (nSPS) is 29.6. The molecule has 2 saturated heterocycles. The molecule has 0 spiro atoms. The number of hydrogen-bond acceptors (Lipinski definition) is 6. The van der Waals surface area contributed by atoms with Crippen LogP contribution < -0.4 is 5.46 Å². The predicted octanol–water partition coefficient (Wildman–Crippen LogP) is 3.30. The van der Waals surface area contributed by atoms with E-state index in [9.17, 15) is 9.59 Å². The van der Waals surface area contributed by atoms with Crippen LogP contribution in [0.25, 0.3) is 10.2 Å². The Morgan fingerprint density at radius 3 is 2.20 bits per heavy atom. The number of aromatic nitrogens is 1. The smallest absolute Gasteiger partial charge is 0.399 e. The molecule has 6 nitrogen and oxygen atoms in total. The molecule has 3 atom stereocenters. The molecular weight excluding hydrogens is 399 g/mol. The number of fused-ring (bicyclic) bond motifs is 2. The van der Waals surface area contributed by atoms with Crippen LogP contribution in [0.15, 0.2) is 18.3 Å². The maximum Gasteiger partial charge on any atom is 0.496 e. The summed E-state index contributed by atoms with van der Waals surface area (Å²) in [7, 11) is -0.481. The number of piperidine rings is 1. The summed E-state index contributed by atoms with van der Waals surface area (Å²) in [5.74, 6) is -0.418. The van der Waals surface area contributed by atoms with Crippen molar-refractivity contribution in [2.45, 2.75) is 65.7 Å². The zero-order chi connectivity index (χ0) is 21.8. The van der Waals surface area contributed by atoms with Gasteiger partial charge < -0.3 is 9.31 Å². The van der Waals surface area contributed by atoms with E-state index in [-0.39, 0.29) is 35.1 Å². The van der Waals surface area contributed by atoms with Crippen molar-refractivity contribution < 1.29 is 18.9 Å². The van der Waals surface area contributed by atoms with Crippen molar-refractivity contribution in [3.8, 4) is 0 Å². The Labute approximate surface area is 181 Å². The predicted molar refractivity (Wildman–Crippen MR) is 116 cm³/mol. The van der Waals surface area contributed by atoms with Crippen LogP contribution in [0.4, 0.5) is 0 Å². The van der Waals surface area contributed by atoms with Crippen LogP contribution in [0, 0.1) is 17.3 Å². The van der Waals surface area contributed by atoms with Crippen LogP contribution in [0.2, 0.25) is 0 Å². The van der Waals surface area contributed by atoms with Crippen LogP contribution in [0.3, 0.4) is 0 Å². The molecule has 3 fully saturated rings. The van der Waals surface area contributed by atoms with Gasteiger partial charge in [0.15, 0.2) is 0 Å². The molecule has 3 aliphatic rings. The highest BCUT2D eigenvalue weighted by molar-refractivity contribution is 7.20. The molecule has 1 aliphatic carbocycles. The molecule has 2 amide bonds. The Balaban J connectivity index is 1.48. The van der Waals surface area contributed by atoms with Crippen molar-refractivity contribution in [1.29, 1.82) is 0 Å². The molecule has 4 heterocycles. The zero-order valence-electron chi connectivity index (χ0n) is 18.5. The van der Waals surface area contributed by atoms with E-state index in [1.165, 1.54) is 4.90 Å². The molecule has 0 N–H and O–H groups in total. The molecule has 5 rings (SSSR count). The first-order chi connectivity index (χ1) is 13.9. The minimum Gasteiger partial charge on any atom is -0.399 e. The Morgan fingerprint density at radius 1 is 1.07 bits per heavy atom. The second kappa shape index (κ2) is 5.93. The number of thiophene rings is 1. The van der Waals surface area contributed by atoms with E-state index in [0.29, 0.717) is 0 Å². The summed E-state index contributed by atoms with van der Waals surface area (Å²) >= 11 is 1.56. The van der Waals surface area contributed by atoms with Gasteiger partial charge >= 0.3 is 7.12 Å². The molecule has 1 saturated carbocycles. The lowest BCUT2D eigenvalue weighted by atomic mass is 9.79. The molecule has 0 bridgehead atoms. The summed E-state index contributed by atoms with van der Waals surface area (Å²) < 4.78 is 13.5. The van der Waals surface area contributed by atoms with Crippen LogP contribution in [0.1, 0.15) is 59.4 Å². The van der Waals surface area contributed by atoms with Crippen molar-refractivity contribution in [1.82, 2.24) is 9.88 Å². The van der Waals surface area contributed by atoms with E-state index in [2.05, 4.69) is 4.98 Å². The standard InChI is InChI=1S/C22H27BN2O4S/c1-11(25-18(26)15-16(19(25)27)20(15,2)3)14-10-13-17(30-14)12(8-9-24-13)23-28-21(4,5)22(6,7)29-23/h8-11,15-16H,1-7H3/t11-,15?,16?/m0/s1. The highest BCUT2D eigenvalue weighted by Crippen LogP contribution is 2.64. The highest BCUT2D eigenvalue weighted by atomic mass is 32.1. The van der Waals surface area contributed by atoms with E-state index < -0.39 is 18.3 Å². The van der Waals surface area contributed by atoms with Gasteiger partial charge in [0.25, 0.3) is 0 Å². The summed E-state index contributed by atoms with van der Waals surface area (Å²) in [6, 6.07) is 3.60. The van der Waals surface area contributed by atoms with Gasteiger partial charge in [-0.05, 0) is 52.2 Å². The molecule has 0 aromatic carbocycles. The van der Waals surface area contributed by atoms with Crippen molar-refractivity contribution in [2.24, 2.45) is 17.3 Å². The van der Waals surface area contributed by atoms with Crippen molar-refractivity contribution in [2.75, 3.05) is 0 Å². The summed E-state index contributed by atoms with van der Waals surface area (Å²) in [5, 5.41) is 0. The van der Waals surface area contributed by atoms with Crippen molar-refractivity contribution in [3.63, 3.8) is 0 Å². The second-order valence-electron chi connectivity index (χ2n) is 10.4. The number of amides is 2. The summed E-state index contributed by atoms with van der Waals surface area (Å²) in [4.78, 5) is 32.7. The van der Waals surface area contributed by atoms with Gasteiger partial charge in [0, 0.05) is 16.5 Å². The van der Waals surface area contributed by atoms with E-state index in [1.807, 2.05) is 60.6 Å². The van der Waals surface area contributed by atoms with Crippen LogP contribution in [-0.4, -0.2) is 40.0 Å². The third kappa shape index (κ3) is 2.53. The molecule has 2 aliphatic heterocycles. The van der Waals surface area contributed by atoms with E-state index in [1.54, 1.807) is 17.5 Å². The van der Waals surface area contributed by atoms with Gasteiger partial charge in [0.05, 0.1) is 39.3 Å². The number of hydrogen-bond donors (Lipinski definition) is 0. The number of imide groups is 1. The lowest BCUT2D eigenvalue weighted by molar-refractivity contribution is -0.145. The maximum atomic E-state index is 12.9. The molecular formula is C22H27BN2O4S. The minimum absolute atomic E-state index is 0.0425. The molecule has 8 heteroatoms. The molecule has 2 aromatic rings. The average molecular weight is 426 g/mol. The third-order valence-corrected chi connectivity index (χ3v) is 8.95. The van der Waals surface area contributed by atoms with Gasteiger partial charge in [-0.25, -0.2) is 0 Å². The third-order valence-electron chi connectivity index (χ3n) is 7.60. The Kier molecular flexibility index (Phi) is 3.98. The van der Waals surface area contributed by atoms with Crippen LogP contribution in [-0.2, 0) is 18.9 Å². The first-order valence-corrected chi connectivity index (χ1v) is 11.3. The maximum absolute atomic E-state index is 12.9. The zero-order valence-corrected chi connectivity index (χ0v) is 19.3. The fourth-order valence-corrected chi connectivity index (χ4v) is 5.99. The largest absolute Gasteiger partial charge is 0.496 e. The molecule has 0 radical (unpaired) electrons. The van der Waals surface area contributed by atoms with Gasteiger partial charge in [-0.3, -0.25) is 19.5 Å². The van der Waals surface area contributed by atoms with Crippen molar-refractivity contribution >= 4 is 45.9 Å². The van der Waals surface area contributed by atoms with Crippen LogP contribution >= 0.6 is 11.3 Å². The molecule has 2 aromatic heterocycles. The molecule has 30 heavy (non-hydrogen) atoms. The SMILES string of the molecule is C[C@@H](c1cc2nccc(B3OC(C)(C)C(C)(C)O3)c2s1)N1C(=O)C2C(C1=O)C2(C)C. The molecule has 158 valence electrons. The van der Waals surface area contributed by atoms with Gasteiger partial charge in [0.2, 0.25) is 11.8 Å². The monoisotopic (exact) mass is 426 g/mol. The number of pyridine rings is 1. The lowest BCUT2D eigenvalue weighted by Gasteiger charge is -2.32. The van der Waals surface area contributed by atoms with Gasteiger partial charge in [-0.15, -0.1) is 11.3 Å². The summed E-state index contributed by atoms with van der Waals surface area (Å²) in [6.45, 7) is 14.1. The van der Waals surface area contributed by atoms with Gasteiger partial charge in [-0.2, -0.15) is 0 Å². The topological polar surface area (TPSA) is 68.7 Å². The first-order valence-electron chi connectivity index (χ1n) is 10.5. The van der Waals surface area contributed by atoms with Gasteiger partial charge in [0.1, 0.15) is 0 Å². The highest BCUT2D eigenvalue weighted by Gasteiger charge is 2.73. The Bertz CT molecular complexity index is 1050. The average Bonchev–Trinajstić information content (AvgIpc) is 2.92. The summed E-state index contributed by atoms with van der Waals surface area (Å²) in [6.07, 6.45) is 1.76. The van der Waals surface area contributed by atoms with Crippen molar-refractivity contribution in [3.05, 3.63) is 23.2 Å². The van der Waals surface area contributed by atoms with Gasteiger partial charge in [-0.1, -0.05) is 13.8 Å². The number of likely N-dealkylation sites (tertiary alicyclic amines) is 1. The fraction of sp³-hybridized carbons (Fsp3) is 0.591. The number of carbonyl (C=O) groups is 2. The number of rotatable bonds is 3. The lowest BCUT2D eigenvalue weighted by Crippen LogP contribution is -2.41. The molecule has 2 unspecified atom stereocenters. The van der Waals surface area contributed by atoms with E-state index >= 15 is 0 Å². The number of carbonyl (C=O) groups excluding carboxylic acids is 2. The van der Waals surface area contributed by atoms with E-state index in [0.717, 1.165) is 20.6 Å². The Hall–Kier alpha value is -1.77. The first kappa shape index (κ1) is 20.2. The Morgan fingerprint density at radius 2 is 1.63 bits per heavy atom.